The molecule has 1 unspecified atom stereocenters. The standard InChI is InChI=1S/C13H19BrO2/c1-3-13(2,10-15)8-9-16-12-6-4-11(14)5-7-12/h4-7,15H,3,8-10H2,1-2H3. The monoisotopic (exact) mass is 286 g/mol. The van der Waals surface area contributed by atoms with Gasteiger partial charge in [0.15, 0.2) is 0 Å². The van der Waals surface area contributed by atoms with Crippen molar-refractivity contribution in [2.45, 2.75) is 26.7 Å². The molecule has 2 nitrogen and oxygen atoms in total. The van der Waals surface area contributed by atoms with Crippen molar-refractivity contribution in [3.63, 3.8) is 0 Å². The largest absolute Gasteiger partial charge is 0.494 e. The molecular formula is C13H19BrO2. The van der Waals surface area contributed by atoms with Gasteiger partial charge >= 0.3 is 0 Å². The number of aliphatic hydroxyl groups excluding tert-OH is 1. The molecule has 0 saturated carbocycles. The van der Waals surface area contributed by atoms with E-state index in [9.17, 15) is 5.11 Å². The van der Waals surface area contributed by atoms with Crippen LogP contribution in [-0.2, 0) is 0 Å². The molecule has 0 aliphatic carbocycles. The van der Waals surface area contributed by atoms with Crippen molar-refractivity contribution in [1.29, 1.82) is 0 Å². The second-order valence-corrected chi connectivity index (χ2v) is 5.29. The van der Waals surface area contributed by atoms with E-state index >= 15 is 0 Å². The van der Waals surface area contributed by atoms with Crippen molar-refractivity contribution in [2.75, 3.05) is 13.2 Å². The topological polar surface area (TPSA) is 29.5 Å². The molecule has 0 amide bonds. The van der Waals surface area contributed by atoms with Crippen LogP contribution in [0.1, 0.15) is 26.7 Å². The summed E-state index contributed by atoms with van der Waals surface area (Å²) in [7, 11) is 0. The molecule has 1 atom stereocenters. The van der Waals surface area contributed by atoms with Crippen LogP contribution < -0.4 is 4.74 Å². The Morgan fingerprint density at radius 2 is 1.94 bits per heavy atom. The van der Waals surface area contributed by atoms with E-state index in [-0.39, 0.29) is 12.0 Å². The van der Waals surface area contributed by atoms with E-state index in [2.05, 4.69) is 29.8 Å². The van der Waals surface area contributed by atoms with Crippen LogP contribution >= 0.6 is 15.9 Å². The number of hydrogen-bond donors (Lipinski definition) is 1. The molecule has 1 rings (SSSR count). The molecule has 16 heavy (non-hydrogen) atoms. The van der Waals surface area contributed by atoms with Crippen molar-refractivity contribution >= 4 is 15.9 Å². The summed E-state index contributed by atoms with van der Waals surface area (Å²) in [6.07, 6.45) is 1.84. The molecule has 0 aliphatic rings. The van der Waals surface area contributed by atoms with Gasteiger partial charge < -0.3 is 9.84 Å². The van der Waals surface area contributed by atoms with Gasteiger partial charge in [0, 0.05) is 11.1 Å². The first-order valence-electron chi connectivity index (χ1n) is 5.59. The second-order valence-electron chi connectivity index (χ2n) is 4.37. The summed E-state index contributed by atoms with van der Waals surface area (Å²) in [6, 6.07) is 7.79. The van der Waals surface area contributed by atoms with E-state index in [4.69, 9.17) is 4.74 Å². The van der Waals surface area contributed by atoms with Gasteiger partial charge in [0.2, 0.25) is 0 Å². The van der Waals surface area contributed by atoms with Gasteiger partial charge in [-0.1, -0.05) is 29.8 Å². The zero-order valence-corrected chi connectivity index (χ0v) is 11.5. The van der Waals surface area contributed by atoms with Gasteiger partial charge in [-0.25, -0.2) is 0 Å². The predicted molar refractivity (Wildman–Crippen MR) is 69.7 cm³/mol. The summed E-state index contributed by atoms with van der Waals surface area (Å²) >= 11 is 3.38. The third-order valence-corrected chi connectivity index (χ3v) is 3.55. The Balaban J connectivity index is 2.38. The van der Waals surface area contributed by atoms with Crippen LogP contribution in [0.25, 0.3) is 0 Å². The Kier molecular flexibility index (Phi) is 5.29. The van der Waals surface area contributed by atoms with E-state index in [0.717, 1.165) is 23.1 Å². The zero-order valence-electron chi connectivity index (χ0n) is 9.87. The molecular weight excluding hydrogens is 268 g/mol. The van der Waals surface area contributed by atoms with Gasteiger partial charge in [0.05, 0.1) is 6.61 Å². The van der Waals surface area contributed by atoms with E-state index in [1.807, 2.05) is 24.3 Å². The second kappa shape index (κ2) is 6.26. The van der Waals surface area contributed by atoms with Crippen molar-refractivity contribution < 1.29 is 9.84 Å². The lowest BCUT2D eigenvalue weighted by molar-refractivity contribution is 0.108. The Morgan fingerprint density at radius 3 is 2.44 bits per heavy atom. The Bertz CT molecular complexity index is 304. The van der Waals surface area contributed by atoms with Crippen LogP contribution in [0.15, 0.2) is 28.7 Å². The number of rotatable bonds is 6. The molecule has 90 valence electrons. The molecule has 0 fully saturated rings. The highest BCUT2D eigenvalue weighted by atomic mass is 79.9. The van der Waals surface area contributed by atoms with Gasteiger partial charge in [-0.05, 0) is 42.5 Å². The molecule has 1 aromatic rings. The molecule has 1 N–H and O–H groups in total. The summed E-state index contributed by atoms with van der Waals surface area (Å²) < 4.78 is 6.68. The van der Waals surface area contributed by atoms with Crippen molar-refractivity contribution in [3.05, 3.63) is 28.7 Å². The highest BCUT2D eigenvalue weighted by molar-refractivity contribution is 9.10. The van der Waals surface area contributed by atoms with Crippen molar-refractivity contribution in [2.24, 2.45) is 5.41 Å². The maximum Gasteiger partial charge on any atom is 0.119 e. The van der Waals surface area contributed by atoms with E-state index in [0.29, 0.717) is 6.61 Å². The molecule has 0 radical (unpaired) electrons. The highest BCUT2D eigenvalue weighted by Crippen LogP contribution is 2.25. The number of halogens is 1. The summed E-state index contributed by atoms with van der Waals surface area (Å²) in [5, 5.41) is 9.26. The van der Waals surface area contributed by atoms with Gasteiger partial charge in [-0.15, -0.1) is 0 Å². The van der Waals surface area contributed by atoms with Crippen molar-refractivity contribution in [1.82, 2.24) is 0 Å². The summed E-state index contributed by atoms with van der Waals surface area (Å²) in [4.78, 5) is 0. The fourth-order valence-corrected chi connectivity index (χ4v) is 1.58. The predicted octanol–water partition coefficient (Wildman–Crippen LogP) is 3.63. The Labute approximate surface area is 106 Å². The normalized spacial score (nSPS) is 14.5. The first-order valence-corrected chi connectivity index (χ1v) is 6.38. The molecule has 0 spiro atoms. The van der Waals surface area contributed by atoms with Crippen LogP contribution in [0.5, 0.6) is 5.75 Å². The first kappa shape index (κ1) is 13.5. The Morgan fingerprint density at radius 1 is 1.31 bits per heavy atom. The molecule has 3 heteroatoms. The molecule has 0 bridgehead atoms. The average molecular weight is 287 g/mol. The van der Waals surface area contributed by atoms with Crippen LogP contribution in [-0.4, -0.2) is 18.3 Å². The van der Waals surface area contributed by atoms with Gasteiger partial charge in [-0.2, -0.15) is 0 Å². The van der Waals surface area contributed by atoms with Crippen LogP contribution in [0.3, 0.4) is 0 Å². The summed E-state index contributed by atoms with van der Waals surface area (Å²) in [5.41, 5.74) is -0.0185. The van der Waals surface area contributed by atoms with E-state index in [1.54, 1.807) is 0 Å². The lowest BCUT2D eigenvalue weighted by atomic mass is 9.85. The molecule has 0 saturated heterocycles. The van der Waals surface area contributed by atoms with Crippen LogP contribution in [0, 0.1) is 5.41 Å². The first-order chi connectivity index (χ1) is 7.59. The summed E-state index contributed by atoms with van der Waals surface area (Å²) in [6.45, 7) is 5.04. The molecule has 0 aliphatic heterocycles. The third kappa shape index (κ3) is 4.14. The fourth-order valence-electron chi connectivity index (χ4n) is 1.31. The van der Waals surface area contributed by atoms with E-state index in [1.165, 1.54) is 0 Å². The highest BCUT2D eigenvalue weighted by Gasteiger charge is 2.20. The van der Waals surface area contributed by atoms with E-state index < -0.39 is 0 Å². The van der Waals surface area contributed by atoms with Crippen LogP contribution in [0.4, 0.5) is 0 Å². The quantitative estimate of drug-likeness (QED) is 0.865. The number of aliphatic hydroxyl groups is 1. The van der Waals surface area contributed by atoms with Gasteiger partial charge in [0.25, 0.3) is 0 Å². The molecule has 0 heterocycles. The van der Waals surface area contributed by atoms with Gasteiger partial charge in [0.1, 0.15) is 5.75 Å². The SMILES string of the molecule is CCC(C)(CO)CCOc1ccc(Br)cc1. The van der Waals surface area contributed by atoms with Gasteiger partial charge in [-0.3, -0.25) is 0 Å². The van der Waals surface area contributed by atoms with Crippen LogP contribution in [0.2, 0.25) is 0 Å². The maximum absolute atomic E-state index is 9.26. The number of hydrogen-bond acceptors (Lipinski definition) is 2. The lowest BCUT2D eigenvalue weighted by Crippen LogP contribution is -2.23. The minimum Gasteiger partial charge on any atom is -0.494 e. The van der Waals surface area contributed by atoms with Crippen molar-refractivity contribution in [3.8, 4) is 5.75 Å². The minimum atomic E-state index is -0.0185. The lowest BCUT2D eigenvalue weighted by Gasteiger charge is -2.25. The Hall–Kier alpha value is -0.540. The maximum atomic E-state index is 9.26. The average Bonchev–Trinajstić information content (AvgIpc) is 2.31. The zero-order chi connectivity index (χ0) is 12.0. The number of ether oxygens (including phenoxy) is 1. The third-order valence-electron chi connectivity index (χ3n) is 3.02. The minimum absolute atomic E-state index is 0.0185. The summed E-state index contributed by atoms with van der Waals surface area (Å²) in [5.74, 6) is 0.875. The fraction of sp³-hybridized carbons (Fsp3) is 0.538. The molecule has 1 aromatic carbocycles. The number of benzene rings is 1. The smallest absolute Gasteiger partial charge is 0.119 e. The molecule has 0 aromatic heterocycles.